The van der Waals surface area contributed by atoms with Gasteiger partial charge in [0.15, 0.2) is 0 Å². The molecule has 0 fully saturated rings. The van der Waals surface area contributed by atoms with E-state index in [2.05, 4.69) is 22.2 Å². The van der Waals surface area contributed by atoms with Gasteiger partial charge in [-0.1, -0.05) is 5.16 Å². The summed E-state index contributed by atoms with van der Waals surface area (Å²) in [5.41, 5.74) is 0.463. The Morgan fingerprint density at radius 3 is 2.71 bits per heavy atom. The van der Waals surface area contributed by atoms with Crippen molar-refractivity contribution in [2.45, 2.75) is 6.42 Å². The molecule has 2 nitrogen and oxygen atoms in total. The second-order valence-electron chi connectivity index (χ2n) is 1.22. The number of nitrogens with zero attached hydrogens (tertiary/aromatic N) is 1. The summed E-state index contributed by atoms with van der Waals surface area (Å²) in [7, 11) is 0. The summed E-state index contributed by atoms with van der Waals surface area (Å²) in [6.45, 7) is 5.16. The molecule has 0 unspecified atom stereocenters. The minimum Gasteiger partial charge on any atom is -0.349 e. The van der Waals surface area contributed by atoms with Crippen LogP contribution in [0.1, 0.15) is 6.42 Å². The lowest BCUT2D eigenvalue weighted by Crippen LogP contribution is -1.90. The predicted molar refractivity (Wildman–Crippen MR) is 30.0 cm³/mol. The summed E-state index contributed by atoms with van der Waals surface area (Å²) in [6.07, 6.45) is 0.509. The van der Waals surface area contributed by atoms with Gasteiger partial charge in [0, 0.05) is 6.92 Å². The third-order valence-corrected chi connectivity index (χ3v) is 0.809. The number of thiocarbonyl (C=S) groups is 1. The average Bonchev–Trinajstić information content (AvgIpc) is 1.87. The van der Waals surface area contributed by atoms with Gasteiger partial charge in [0.05, 0.1) is 12.1 Å². The molecule has 0 aliphatic carbocycles. The van der Waals surface area contributed by atoms with Gasteiger partial charge in [-0.2, -0.15) is 0 Å². The molecule has 1 aliphatic heterocycles. The van der Waals surface area contributed by atoms with Crippen molar-refractivity contribution < 1.29 is 4.84 Å². The number of hydrogen-bond acceptors (Lipinski definition) is 3. The molecule has 2 radical (unpaired) electrons. The topological polar surface area (TPSA) is 21.6 Å². The summed E-state index contributed by atoms with van der Waals surface area (Å²) >= 11 is 4.58. The van der Waals surface area contributed by atoms with E-state index in [0.717, 1.165) is 0 Å². The van der Waals surface area contributed by atoms with Gasteiger partial charge < -0.3 is 4.84 Å². The van der Waals surface area contributed by atoms with Crippen molar-refractivity contribution in [3.63, 3.8) is 0 Å². The normalized spacial score (nSPS) is 19.0. The van der Waals surface area contributed by atoms with Crippen LogP contribution in [0.4, 0.5) is 0 Å². The SMILES string of the molecule is [CH]C1=NOC(=S)C1. The lowest BCUT2D eigenvalue weighted by atomic mass is 10.3. The highest BCUT2D eigenvalue weighted by molar-refractivity contribution is 7.80. The first-order valence-electron chi connectivity index (χ1n) is 1.81. The fourth-order valence-corrected chi connectivity index (χ4v) is 0.507. The highest BCUT2D eigenvalue weighted by atomic mass is 32.1. The molecule has 0 aromatic carbocycles. The molecule has 0 amide bonds. The molecule has 3 heteroatoms. The summed E-state index contributed by atoms with van der Waals surface area (Å²) < 4.78 is 0. The molecule has 0 bridgehead atoms. The van der Waals surface area contributed by atoms with Crippen LogP contribution in [0.25, 0.3) is 0 Å². The van der Waals surface area contributed by atoms with Crippen LogP contribution in [0, 0.1) is 6.92 Å². The van der Waals surface area contributed by atoms with E-state index in [9.17, 15) is 0 Å². The second-order valence-corrected chi connectivity index (χ2v) is 1.68. The maximum Gasteiger partial charge on any atom is 0.203 e. The minimum absolute atomic E-state index is 0.456. The molecular formula is C4H3NOS. The molecule has 0 spiro atoms. The Bertz CT molecular complexity index is 130. The van der Waals surface area contributed by atoms with Gasteiger partial charge in [0.2, 0.25) is 5.05 Å². The third kappa shape index (κ3) is 0.962. The molecule has 1 aliphatic rings. The Hall–Kier alpha value is -0.440. The van der Waals surface area contributed by atoms with E-state index in [1.807, 2.05) is 0 Å². The Balaban J connectivity index is 2.58. The highest BCUT2D eigenvalue weighted by Crippen LogP contribution is 2.01. The molecule has 0 atom stereocenters. The highest BCUT2D eigenvalue weighted by Gasteiger charge is 2.07. The number of rotatable bonds is 0. The van der Waals surface area contributed by atoms with E-state index in [4.69, 9.17) is 6.92 Å². The van der Waals surface area contributed by atoms with Gasteiger partial charge in [0.1, 0.15) is 0 Å². The molecule has 1 rings (SSSR count). The van der Waals surface area contributed by atoms with E-state index in [1.165, 1.54) is 0 Å². The van der Waals surface area contributed by atoms with E-state index >= 15 is 0 Å². The van der Waals surface area contributed by atoms with Crippen LogP contribution < -0.4 is 0 Å². The van der Waals surface area contributed by atoms with Crippen molar-refractivity contribution in [2.24, 2.45) is 5.16 Å². The Morgan fingerprint density at radius 1 is 1.86 bits per heavy atom. The summed E-state index contributed by atoms with van der Waals surface area (Å²) in [5, 5.41) is 3.83. The lowest BCUT2D eigenvalue weighted by molar-refractivity contribution is 0.348. The van der Waals surface area contributed by atoms with E-state index in [1.54, 1.807) is 0 Å². The zero-order chi connectivity index (χ0) is 5.28. The van der Waals surface area contributed by atoms with Crippen molar-refractivity contribution in [1.82, 2.24) is 0 Å². The zero-order valence-electron chi connectivity index (χ0n) is 3.55. The molecule has 0 aromatic heterocycles. The Labute approximate surface area is 47.1 Å². The standard InChI is InChI=1S/C4H3NOS/c1-3-2-4(7)6-5-3/h1H,2H2. The average molecular weight is 113 g/mol. The Morgan fingerprint density at radius 2 is 2.57 bits per heavy atom. The van der Waals surface area contributed by atoms with Gasteiger partial charge in [-0.05, 0) is 12.2 Å². The van der Waals surface area contributed by atoms with Crippen LogP contribution in [0.15, 0.2) is 5.16 Å². The second kappa shape index (κ2) is 1.58. The monoisotopic (exact) mass is 113 g/mol. The van der Waals surface area contributed by atoms with Gasteiger partial charge in [0.25, 0.3) is 0 Å². The zero-order valence-corrected chi connectivity index (χ0v) is 4.36. The fourth-order valence-electron chi connectivity index (χ4n) is 0.322. The predicted octanol–water partition coefficient (Wildman–Crippen LogP) is 0.801. The van der Waals surface area contributed by atoms with Gasteiger partial charge >= 0.3 is 0 Å². The molecule has 0 aromatic rings. The van der Waals surface area contributed by atoms with Gasteiger partial charge in [-0.3, -0.25) is 0 Å². The molecule has 0 N–H and O–H groups in total. The molecule has 7 heavy (non-hydrogen) atoms. The van der Waals surface area contributed by atoms with Crippen LogP contribution in [0.2, 0.25) is 0 Å². The third-order valence-electron chi connectivity index (χ3n) is 0.590. The number of oxime groups is 1. The maximum absolute atomic E-state index is 5.16. The first kappa shape index (κ1) is 4.71. The van der Waals surface area contributed by atoms with Crippen LogP contribution in [-0.4, -0.2) is 10.8 Å². The molecule has 36 valence electrons. The summed E-state index contributed by atoms with van der Waals surface area (Å²) in [6, 6.07) is 0. The molecule has 1 heterocycles. The quantitative estimate of drug-likeness (QED) is 0.433. The first-order valence-corrected chi connectivity index (χ1v) is 2.22. The van der Waals surface area contributed by atoms with Crippen molar-refractivity contribution in [3.05, 3.63) is 6.92 Å². The summed E-state index contributed by atoms with van der Waals surface area (Å²) in [5.74, 6) is 0. The molecular weight excluding hydrogens is 110 g/mol. The van der Waals surface area contributed by atoms with Crippen LogP contribution in [-0.2, 0) is 4.84 Å². The van der Waals surface area contributed by atoms with Crippen molar-refractivity contribution in [2.75, 3.05) is 0 Å². The smallest absolute Gasteiger partial charge is 0.203 e. The summed E-state index contributed by atoms with van der Waals surface area (Å²) in [4.78, 5) is 4.46. The first-order chi connectivity index (χ1) is 3.29. The van der Waals surface area contributed by atoms with Crippen molar-refractivity contribution in [3.8, 4) is 0 Å². The minimum atomic E-state index is 0.456. The van der Waals surface area contributed by atoms with E-state index in [-0.39, 0.29) is 0 Å². The van der Waals surface area contributed by atoms with Gasteiger partial charge in [-0.25, -0.2) is 0 Å². The van der Waals surface area contributed by atoms with E-state index < -0.39 is 0 Å². The van der Waals surface area contributed by atoms with Crippen LogP contribution in [0.3, 0.4) is 0 Å². The van der Waals surface area contributed by atoms with E-state index in [0.29, 0.717) is 17.2 Å². The lowest BCUT2D eigenvalue weighted by Gasteiger charge is -1.79. The van der Waals surface area contributed by atoms with Gasteiger partial charge in [-0.15, -0.1) is 0 Å². The van der Waals surface area contributed by atoms with Crippen LogP contribution >= 0.6 is 12.2 Å². The molecule has 0 saturated heterocycles. The van der Waals surface area contributed by atoms with Crippen molar-refractivity contribution >= 4 is 23.0 Å². The van der Waals surface area contributed by atoms with Crippen LogP contribution in [0.5, 0.6) is 0 Å². The molecule has 0 saturated carbocycles. The fraction of sp³-hybridized carbons (Fsp3) is 0.250. The number of hydrogen-bond donors (Lipinski definition) is 0. The van der Waals surface area contributed by atoms with Crippen molar-refractivity contribution in [1.29, 1.82) is 0 Å². The largest absolute Gasteiger partial charge is 0.349 e. The maximum atomic E-state index is 5.16. The Kier molecular flexibility index (Phi) is 1.06.